The van der Waals surface area contributed by atoms with Gasteiger partial charge in [-0.3, -0.25) is 9.36 Å². The van der Waals surface area contributed by atoms with Crippen molar-refractivity contribution in [2.24, 2.45) is 5.73 Å². The highest BCUT2D eigenvalue weighted by Gasteiger charge is 2.11. The first-order chi connectivity index (χ1) is 8.95. The molecule has 0 saturated heterocycles. The standard InChI is InChI=1S/C16H20N2O/c1-10-5-6-14(8-11(10)2)18-13(4)7-12(3)15(9-17)16(18)19/h5-8H,9,17H2,1-4H3. The van der Waals surface area contributed by atoms with Crippen molar-refractivity contribution in [1.82, 2.24) is 4.57 Å². The van der Waals surface area contributed by atoms with Crippen molar-refractivity contribution in [3.05, 3.63) is 62.6 Å². The molecule has 0 aliphatic carbocycles. The number of hydrogen-bond donors (Lipinski definition) is 1. The summed E-state index contributed by atoms with van der Waals surface area (Å²) in [6.45, 7) is 8.27. The van der Waals surface area contributed by atoms with Crippen molar-refractivity contribution in [3.8, 4) is 5.69 Å². The Morgan fingerprint density at radius 3 is 2.26 bits per heavy atom. The van der Waals surface area contributed by atoms with E-state index in [2.05, 4.69) is 13.8 Å². The molecule has 0 spiro atoms. The van der Waals surface area contributed by atoms with E-state index in [-0.39, 0.29) is 12.1 Å². The number of aryl methyl sites for hydroxylation is 4. The first-order valence-electron chi connectivity index (χ1n) is 6.45. The van der Waals surface area contributed by atoms with Gasteiger partial charge in [0.15, 0.2) is 0 Å². The molecule has 2 rings (SSSR count). The van der Waals surface area contributed by atoms with Crippen LogP contribution in [-0.4, -0.2) is 4.57 Å². The highest BCUT2D eigenvalue weighted by atomic mass is 16.1. The summed E-state index contributed by atoms with van der Waals surface area (Å²) >= 11 is 0. The number of nitrogens with zero attached hydrogens (tertiary/aromatic N) is 1. The highest BCUT2D eigenvalue weighted by molar-refractivity contribution is 5.42. The molecular weight excluding hydrogens is 236 g/mol. The zero-order valence-corrected chi connectivity index (χ0v) is 11.9. The Kier molecular flexibility index (Phi) is 3.58. The number of nitrogens with two attached hydrogens (primary N) is 1. The van der Waals surface area contributed by atoms with Gasteiger partial charge in [-0.25, -0.2) is 0 Å². The van der Waals surface area contributed by atoms with E-state index >= 15 is 0 Å². The fourth-order valence-corrected chi connectivity index (χ4v) is 2.36. The zero-order chi connectivity index (χ0) is 14.2. The summed E-state index contributed by atoms with van der Waals surface area (Å²) in [6, 6.07) is 8.07. The smallest absolute Gasteiger partial charge is 0.260 e. The minimum Gasteiger partial charge on any atom is -0.326 e. The van der Waals surface area contributed by atoms with Gasteiger partial charge in [-0.2, -0.15) is 0 Å². The molecule has 0 atom stereocenters. The van der Waals surface area contributed by atoms with Crippen LogP contribution in [0.5, 0.6) is 0 Å². The van der Waals surface area contributed by atoms with Crippen LogP contribution < -0.4 is 11.3 Å². The van der Waals surface area contributed by atoms with Crippen molar-refractivity contribution in [1.29, 1.82) is 0 Å². The molecule has 0 radical (unpaired) electrons. The summed E-state index contributed by atoms with van der Waals surface area (Å²) in [4.78, 5) is 12.5. The second-order valence-corrected chi connectivity index (χ2v) is 5.06. The molecule has 3 nitrogen and oxygen atoms in total. The average molecular weight is 256 g/mol. The van der Waals surface area contributed by atoms with Gasteiger partial charge in [-0.15, -0.1) is 0 Å². The van der Waals surface area contributed by atoms with Crippen LogP contribution in [0.3, 0.4) is 0 Å². The maximum Gasteiger partial charge on any atom is 0.260 e. The molecule has 0 amide bonds. The Bertz CT molecular complexity index is 684. The van der Waals surface area contributed by atoms with Gasteiger partial charge in [-0.05, 0) is 62.6 Å². The average Bonchev–Trinajstić information content (AvgIpc) is 2.33. The van der Waals surface area contributed by atoms with Crippen LogP contribution in [0.4, 0.5) is 0 Å². The van der Waals surface area contributed by atoms with Crippen LogP contribution in [0.2, 0.25) is 0 Å². The number of aromatic nitrogens is 1. The third kappa shape index (κ3) is 2.34. The first kappa shape index (κ1) is 13.6. The number of benzene rings is 1. The lowest BCUT2D eigenvalue weighted by atomic mass is 10.1. The molecule has 1 aromatic heterocycles. The molecule has 0 aliphatic heterocycles. The maximum atomic E-state index is 12.5. The second kappa shape index (κ2) is 5.02. The van der Waals surface area contributed by atoms with Crippen LogP contribution in [0, 0.1) is 27.7 Å². The van der Waals surface area contributed by atoms with Gasteiger partial charge in [-0.1, -0.05) is 6.07 Å². The highest BCUT2D eigenvalue weighted by Crippen LogP contribution is 2.16. The minimum atomic E-state index is -0.0109. The third-order valence-electron chi connectivity index (χ3n) is 3.67. The molecule has 2 N–H and O–H groups in total. The van der Waals surface area contributed by atoms with Crippen molar-refractivity contribution < 1.29 is 0 Å². The SMILES string of the molecule is Cc1ccc(-n2c(C)cc(C)c(CN)c2=O)cc1C. The van der Waals surface area contributed by atoms with Gasteiger partial charge in [0.1, 0.15) is 0 Å². The van der Waals surface area contributed by atoms with Gasteiger partial charge in [0.25, 0.3) is 5.56 Å². The van der Waals surface area contributed by atoms with Crippen LogP contribution >= 0.6 is 0 Å². The van der Waals surface area contributed by atoms with E-state index in [1.165, 1.54) is 11.1 Å². The van der Waals surface area contributed by atoms with Crippen LogP contribution in [-0.2, 0) is 6.54 Å². The summed E-state index contributed by atoms with van der Waals surface area (Å²) in [7, 11) is 0. The third-order valence-corrected chi connectivity index (χ3v) is 3.67. The predicted molar refractivity (Wildman–Crippen MR) is 78.9 cm³/mol. The Morgan fingerprint density at radius 1 is 1.00 bits per heavy atom. The van der Waals surface area contributed by atoms with E-state index in [1.807, 2.05) is 38.1 Å². The summed E-state index contributed by atoms with van der Waals surface area (Å²) in [5.41, 5.74) is 11.6. The van der Waals surface area contributed by atoms with E-state index in [9.17, 15) is 4.79 Å². The van der Waals surface area contributed by atoms with Crippen LogP contribution in [0.15, 0.2) is 29.1 Å². The lowest BCUT2D eigenvalue weighted by molar-refractivity contribution is 0.875. The van der Waals surface area contributed by atoms with E-state index in [0.29, 0.717) is 5.56 Å². The molecule has 0 aliphatic rings. The molecule has 100 valence electrons. The quantitative estimate of drug-likeness (QED) is 0.897. The van der Waals surface area contributed by atoms with E-state index < -0.39 is 0 Å². The van der Waals surface area contributed by atoms with E-state index in [4.69, 9.17) is 5.73 Å². The molecule has 19 heavy (non-hydrogen) atoms. The van der Waals surface area contributed by atoms with Crippen molar-refractivity contribution >= 4 is 0 Å². The Morgan fingerprint density at radius 2 is 1.68 bits per heavy atom. The topological polar surface area (TPSA) is 48.0 Å². The summed E-state index contributed by atoms with van der Waals surface area (Å²) in [6.07, 6.45) is 0. The van der Waals surface area contributed by atoms with Crippen molar-refractivity contribution in [2.75, 3.05) is 0 Å². The van der Waals surface area contributed by atoms with Crippen molar-refractivity contribution in [2.45, 2.75) is 34.2 Å². The molecule has 1 heterocycles. The Balaban J connectivity index is 2.75. The molecule has 3 heteroatoms. The number of hydrogen-bond acceptors (Lipinski definition) is 2. The Labute approximate surface area is 113 Å². The second-order valence-electron chi connectivity index (χ2n) is 5.06. The number of pyridine rings is 1. The summed E-state index contributed by atoms with van der Waals surface area (Å²) < 4.78 is 1.74. The molecule has 0 unspecified atom stereocenters. The summed E-state index contributed by atoms with van der Waals surface area (Å²) in [5.74, 6) is 0. The Hall–Kier alpha value is -1.87. The monoisotopic (exact) mass is 256 g/mol. The predicted octanol–water partition coefficient (Wildman–Crippen LogP) is 2.53. The van der Waals surface area contributed by atoms with E-state index in [0.717, 1.165) is 16.9 Å². The van der Waals surface area contributed by atoms with Gasteiger partial charge >= 0.3 is 0 Å². The van der Waals surface area contributed by atoms with E-state index in [1.54, 1.807) is 4.57 Å². The molecule has 2 aromatic rings. The fourth-order valence-electron chi connectivity index (χ4n) is 2.36. The lowest BCUT2D eigenvalue weighted by Gasteiger charge is -2.15. The molecule has 1 aromatic carbocycles. The zero-order valence-electron chi connectivity index (χ0n) is 11.9. The first-order valence-corrected chi connectivity index (χ1v) is 6.45. The van der Waals surface area contributed by atoms with Gasteiger partial charge in [0, 0.05) is 23.5 Å². The minimum absolute atomic E-state index is 0.0109. The van der Waals surface area contributed by atoms with Crippen LogP contribution in [0.25, 0.3) is 5.69 Å². The molecule has 0 saturated carbocycles. The largest absolute Gasteiger partial charge is 0.326 e. The van der Waals surface area contributed by atoms with Crippen LogP contribution in [0.1, 0.15) is 27.9 Å². The molecule has 0 bridgehead atoms. The maximum absolute atomic E-state index is 12.5. The molecule has 0 fully saturated rings. The fraction of sp³-hybridized carbons (Fsp3) is 0.312. The molecular formula is C16H20N2O. The summed E-state index contributed by atoms with van der Waals surface area (Å²) in [5, 5.41) is 0. The van der Waals surface area contributed by atoms with Gasteiger partial charge < -0.3 is 5.73 Å². The van der Waals surface area contributed by atoms with Gasteiger partial charge in [0.05, 0.1) is 0 Å². The number of rotatable bonds is 2. The van der Waals surface area contributed by atoms with Gasteiger partial charge in [0.2, 0.25) is 0 Å². The lowest BCUT2D eigenvalue weighted by Crippen LogP contribution is -2.27. The normalized spacial score (nSPS) is 10.8. The van der Waals surface area contributed by atoms with Crippen molar-refractivity contribution in [3.63, 3.8) is 0 Å².